The molecule has 0 N–H and O–H groups in total. The van der Waals surface area contributed by atoms with Gasteiger partial charge in [0.15, 0.2) is 0 Å². The molecule has 0 heterocycles. The molecular weight excluding hydrogens is 48.0 g/mol. The van der Waals surface area contributed by atoms with E-state index in [1.54, 1.807) is 13.8 Å². The molecule has 0 heteroatoms. The first kappa shape index (κ1) is 1.44. The fourth-order valence-electron chi connectivity index (χ4n) is 0. The second-order valence-corrected chi connectivity index (χ2v) is 0.667. The molecule has 0 aromatic rings. The Morgan fingerprint density at radius 1 is 1.50 bits per heavy atom. The molecule has 0 saturated heterocycles. The summed E-state index contributed by atoms with van der Waals surface area (Å²) >= 11 is 0. The highest BCUT2D eigenvalue weighted by Crippen LogP contribution is 1.76. The summed E-state index contributed by atoms with van der Waals surface area (Å²) < 4.78 is 13.7. The number of hydrogen-bond acceptors (Lipinski definition) is 0. The fourth-order valence-corrected chi connectivity index (χ4v) is 0. The lowest BCUT2D eigenvalue weighted by Crippen LogP contribution is -1.47. The van der Waals surface area contributed by atoms with Crippen molar-refractivity contribution in [2.75, 3.05) is 0 Å². The molecule has 0 saturated carbocycles. The lowest BCUT2D eigenvalue weighted by atomic mass is 10.4. The van der Waals surface area contributed by atoms with E-state index in [1.807, 2.05) is 0 Å². The maximum absolute atomic E-state index is 6.84. The molecule has 0 aliphatic heterocycles. The van der Waals surface area contributed by atoms with Crippen LogP contribution in [0.5, 0.6) is 0 Å². The van der Waals surface area contributed by atoms with Crippen LogP contribution in [-0.4, -0.2) is 0 Å². The third kappa shape index (κ3) is 2.00. The van der Waals surface area contributed by atoms with Crippen molar-refractivity contribution in [2.45, 2.75) is 26.6 Å². The van der Waals surface area contributed by atoms with Crippen LogP contribution in [0.15, 0.2) is 0 Å². The molecule has 0 aromatic heterocycles. The SMILES string of the molecule is [2H]C(C)C([2H])C. The summed E-state index contributed by atoms with van der Waals surface area (Å²) in [6.45, 7) is 3.44. The van der Waals surface area contributed by atoms with Gasteiger partial charge in [0.05, 0.1) is 0 Å². The Kier molecular flexibility index (Phi) is 1.08. The van der Waals surface area contributed by atoms with Gasteiger partial charge in [0.25, 0.3) is 0 Å². The zero-order valence-electron chi connectivity index (χ0n) is 5.15. The molecule has 26 valence electrons. The Morgan fingerprint density at radius 3 is 1.75 bits per heavy atom. The Bertz CT molecular complexity index is 26.5. The van der Waals surface area contributed by atoms with Crippen LogP contribution in [0.1, 0.15) is 29.4 Å². The molecule has 2 atom stereocenters. The summed E-state index contributed by atoms with van der Waals surface area (Å²) in [4.78, 5) is 0. The van der Waals surface area contributed by atoms with Crippen molar-refractivity contribution >= 4 is 0 Å². The molecule has 0 radical (unpaired) electrons. The normalized spacial score (nSPS) is 30.5. The molecule has 0 aromatic carbocycles. The molecule has 2 unspecified atom stereocenters. The Morgan fingerprint density at radius 2 is 1.75 bits per heavy atom. The van der Waals surface area contributed by atoms with Crippen molar-refractivity contribution in [2.24, 2.45) is 0 Å². The Hall–Kier alpha value is 0. The van der Waals surface area contributed by atoms with Crippen LogP contribution in [-0.2, 0) is 0 Å². The third-order valence-corrected chi connectivity index (χ3v) is 0.333. The van der Waals surface area contributed by atoms with Crippen molar-refractivity contribution in [1.29, 1.82) is 0 Å². The van der Waals surface area contributed by atoms with Crippen LogP contribution in [0.2, 0.25) is 0 Å². The average Bonchev–Trinajstić information content (AvgIpc) is 1.36. The highest BCUT2D eigenvalue weighted by molar-refractivity contribution is 4.12. The molecule has 0 bridgehead atoms. The van der Waals surface area contributed by atoms with Crippen LogP contribution in [0.4, 0.5) is 0 Å². The predicted molar refractivity (Wildman–Crippen MR) is 20.6 cm³/mol. The first-order valence-corrected chi connectivity index (χ1v) is 1.49. The minimum absolute atomic E-state index is 0.231. The monoisotopic (exact) mass is 60.1 g/mol. The quantitative estimate of drug-likeness (QED) is 0.433. The van der Waals surface area contributed by atoms with Gasteiger partial charge in [-0.05, 0) is 0 Å². The second-order valence-electron chi connectivity index (χ2n) is 0.667. The van der Waals surface area contributed by atoms with Crippen LogP contribution in [0.25, 0.3) is 0 Å². The van der Waals surface area contributed by atoms with Crippen LogP contribution >= 0.6 is 0 Å². The summed E-state index contributed by atoms with van der Waals surface area (Å²) in [7, 11) is 0. The van der Waals surface area contributed by atoms with Gasteiger partial charge in [-0.15, -0.1) is 0 Å². The van der Waals surface area contributed by atoms with Gasteiger partial charge in [0.1, 0.15) is 0 Å². The maximum atomic E-state index is 6.84. The second kappa shape index (κ2) is 3.00. The average molecular weight is 60.1 g/mol. The van der Waals surface area contributed by atoms with E-state index in [9.17, 15) is 0 Å². The molecule has 0 aliphatic carbocycles. The summed E-state index contributed by atoms with van der Waals surface area (Å²) in [5.74, 6) is 0. The third-order valence-electron chi connectivity index (χ3n) is 0.333. The summed E-state index contributed by atoms with van der Waals surface area (Å²) in [5.41, 5.74) is 0. The summed E-state index contributed by atoms with van der Waals surface area (Å²) in [6.07, 6.45) is -0.463. The zero-order chi connectivity index (χ0) is 5.15. The molecule has 0 rings (SSSR count). The van der Waals surface area contributed by atoms with Crippen molar-refractivity contribution in [3.05, 3.63) is 0 Å². The molecule has 0 fully saturated rings. The lowest BCUT2D eigenvalue weighted by Gasteiger charge is -1.68. The van der Waals surface area contributed by atoms with Crippen molar-refractivity contribution in [3.63, 3.8) is 0 Å². The smallest absolute Gasteiger partial charge is 0.0264 e. The summed E-state index contributed by atoms with van der Waals surface area (Å²) in [6, 6.07) is 0. The minimum Gasteiger partial charge on any atom is -0.0654 e. The largest absolute Gasteiger partial charge is 0.0654 e. The van der Waals surface area contributed by atoms with E-state index >= 15 is 0 Å². The first-order chi connectivity index (χ1) is 2.64. The van der Waals surface area contributed by atoms with E-state index in [4.69, 9.17) is 2.74 Å². The van der Waals surface area contributed by atoms with Gasteiger partial charge in [-0.25, -0.2) is 0 Å². The molecular formula is C4H10. The van der Waals surface area contributed by atoms with Crippen molar-refractivity contribution in [3.8, 4) is 0 Å². The van der Waals surface area contributed by atoms with E-state index in [1.165, 1.54) is 0 Å². The van der Waals surface area contributed by atoms with Gasteiger partial charge in [0, 0.05) is 2.74 Å². The van der Waals surface area contributed by atoms with Gasteiger partial charge in [-0.1, -0.05) is 26.6 Å². The van der Waals surface area contributed by atoms with Gasteiger partial charge < -0.3 is 0 Å². The van der Waals surface area contributed by atoms with Gasteiger partial charge in [-0.2, -0.15) is 0 Å². The van der Waals surface area contributed by atoms with Crippen molar-refractivity contribution < 1.29 is 2.74 Å². The molecule has 4 heavy (non-hydrogen) atoms. The highest BCUT2D eigenvalue weighted by atomic mass is 13.6. The van der Waals surface area contributed by atoms with E-state index in [0.717, 1.165) is 0 Å². The molecule has 0 aliphatic rings. The van der Waals surface area contributed by atoms with Crippen molar-refractivity contribution in [1.82, 2.24) is 0 Å². The minimum atomic E-state index is -0.231. The molecule has 0 spiro atoms. The maximum Gasteiger partial charge on any atom is 0.0264 e. The van der Waals surface area contributed by atoms with E-state index < -0.39 is 0 Å². The fraction of sp³-hybridized carbons (Fsp3) is 1.00. The van der Waals surface area contributed by atoms with Crippen LogP contribution in [0, 0.1) is 0 Å². The standard InChI is InChI=1S/C4H10/c1-3-4-2/h3-4H2,1-2H3/i3D,4D. The first-order valence-electron chi connectivity index (χ1n) is 2.64. The van der Waals surface area contributed by atoms with Crippen LogP contribution < -0.4 is 0 Å². The van der Waals surface area contributed by atoms with Gasteiger partial charge in [0.2, 0.25) is 0 Å². The van der Waals surface area contributed by atoms with E-state index in [-0.39, 0.29) is 12.8 Å². The van der Waals surface area contributed by atoms with E-state index in [0.29, 0.717) is 0 Å². The number of rotatable bonds is 1. The summed E-state index contributed by atoms with van der Waals surface area (Å²) in [5, 5.41) is 0. The predicted octanol–water partition coefficient (Wildman–Crippen LogP) is 1.81. The van der Waals surface area contributed by atoms with E-state index in [2.05, 4.69) is 0 Å². The molecule has 0 nitrogen and oxygen atoms in total. The van der Waals surface area contributed by atoms with Gasteiger partial charge in [-0.3, -0.25) is 0 Å². The zero-order valence-corrected chi connectivity index (χ0v) is 3.15. The topological polar surface area (TPSA) is 0 Å². The Balaban J connectivity index is 2.99. The Labute approximate surface area is 30.6 Å². The lowest BCUT2D eigenvalue weighted by molar-refractivity contribution is 0.886. The van der Waals surface area contributed by atoms with Crippen LogP contribution in [0.3, 0.4) is 0 Å². The highest BCUT2D eigenvalue weighted by Gasteiger charge is 1.56. The molecule has 0 amide bonds. The van der Waals surface area contributed by atoms with Gasteiger partial charge >= 0.3 is 0 Å². The number of hydrogen-bond donors (Lipinski definition) is 0.